The van der Waals surface area contributed by atoms with Crippen molar-refractivity contribution in [2.24, 2.45) is 0 Å². The Morgan fingerprint density at radius 3 is 1.67 bits per heavy atom. The van der Waals surface area contributed by atoms with Crippen molar-refractivity contribution in [2.45, 2.75) is 0 Å². The van der Waals surface area contributed by atoms with Crippen molar-refractivity contribution in [3.8, 4) is 0 Å². The second-order valence-electron chi connectivity index (χ2n) is 1.11. The van der Waals surface area contributed by atoms with Gasteiger partial charge in [-0.1, -0.05) is 0 Å². The van der Waals surface area contributed by atoms with Gasteiger partial charge in [0.1, 0.15) is 0 Å². The molecule has 0 atom stereocenters. The van der Waals surface area contributed by atoms with Crippen LogP contribution in [0, 0.1) is 6.42 Å². The van der Waals surface area contributed by atoms with Crippen molar-refractivity contribution >= 4 is 11.9 Å². The van der Waals surface area contributed by atoms with Gasteiger partial charge in [0.15, 0.2) is 0 Å². The fraction of sp³-hybridized carbons (Fsp3) is 0.400. The van der Waals surface area contributed by atoms with Gasteiger partial charge in [0.2, 0.25) is 6.42 Å². The number of hydrogen-bond donors (Lipinski definition) is 0. The molecular weight excluding hydrogens is 124 g/mol. The van der Waals surface area contributed by atoms with E-state index in [2.05, 4.69) is 9.47 Å². The summed E-state index contributed by atoms with van der Waals surface area (Å²) in [5.74, 6) is -1.66. The third-order valence-corrected chi connectivity index (χ3v) is 0.575. The fourth-order valence-corrected chi connectivity index (χ4v) is 0.185. The van der Waals surface area contributed by atoms with Gasteiger partial charge in [0.05, 0.1) is 14.2 Å². The molecular formula is C5H6O4. The van der Waals surface area contributed by atoms with E-state index in [1.165, 1.54) is 0 Å². The molecule has 0 fully saturated rings. The number of esters is 2. The Bertz CT molecular complexity index is 104. The molecule has 0 rings (SSSR count). The maximum atomic E-state index is 10.1. The molecule has 0 amide bonds. The van der Waals surface area contributed by atoms with E-state index in [1.807, 2.05) is 0 Å². The topological polar surface area (TPSA) is 52.6 Å². The summed E-state index contributed by atoms with van der Waals surface area (Å²) in [6.07, 6.45) is 1.76. The smallest absolute Gasteiger partial charge is 0.327 e. The number of rotatable bonds is 2. The maximum absolute atomic E-state index is 10.1. The van der Waals surface area contributed by atoms with Crippen molar-refractivity contribution < 1.29 is 19.1 Å². The molecule has 9 heavy (non-hydrogen) atoms. The van der Waals surface area contributed by atoms with E-state index >= 15 is 0 Å². The maximum Gasteiger partial charge on any atom is 0.327 e. The largest absolute Gasteiger partial charge is 0.468 e. The summed E-state index contributed by atoms with van der Waals surface area (Å²) in [6.45, 7) is 0. The van der Waals surface area contributed by atoms with Crippen LogP contribution in [0.3, 0.4) is 0 Å². The molecule has 0 N–H and O–H groups in total. The number of hydrogen-bond acceptors (Lipinski definition) is 4. The molecule has 0 spiro atoms. The molecule has 2 radical (unpaired) electrons. The predicted molar refractivity (Wildman–Crippen MR) is 27.3 cm³/mol. The molecule has 0 saturated carbocycles. The first-order valence-corrected chi connectivity index (χ1v) is 2.13. The van der Waals surface area contributed by atoms with Crippen LogP contribution in [0.5, 0.6) is 0 Å². The van der Waals surface area contributed by atoms with Gasteiger partial charge in [-0.2, -0.15) is 0 Å². The first-order valence-electron chi connectivity index (χ1n) is 2.13. The second-order valence-corrected chi connectivity index (χ2v) is 1.11. The summed E-state index contributed by atoms with van der Waals surface area (Å²) >= 11 is 0. The van der Waals surface area contributed by atoms with Crippen molar-refractivity contribution in [2.75, 3.05) is 14.2 Å². The molecule has 50 valence electrons. The van der Waals surface area contributed by atoms with E-state index in [0.717, 1.165) is 14.2 Å². The molecule has 0 saturated heterocycles. The molecule has 4 heteroatoms. The van der Waals surface area contributed by atoms with Gasteiger partial charge in [-0.3, -0.25) is 9.59 Å². The Kier molecular flexibility index (Phi) is 3.43. The molecule has 0 aliphatic carbocycles. The highest BCUT2D eigenvalue weighted by Gasteiger charge is 2.10. The first-order chi connectivity index (χ1) is 4.20. The van der Waals surface area contributed by atoms with Crippen LogP contribution in [0.2, 0.25) is 0 Å². The van der Waals surface area contributed by atoms with E-state index in [-0.39, 0.29) is 0 Å². The van der Waals surface area contributed by atoms with Gasteiger partial charge >= 0.3 is 11.9 Å². The van der Waals surface area contributed by atoms with Gasteiger partial charge in [-0.05, 0) is 0 Å². The fourth-order valence-electron chi connectivity index (χ4n) is 0.185. The van der Waals surface area contributed by atoms with Crippen LogP contribution < -0.4 is 0 Å². The standard InChI is InChI=1S/C5H6O4/c1-8-4(6)3-5(7)9-2/h1-2H3. The lowest BCUT2D eigenvalue weighted by atomic mass is 10.4. The normalized spacial score (nSPS) is 8.22. The van der Waals surface area contributed by atoms with Crippen molar-refractivity contribution in [1.82, 2.24) is 0 Å². The van der Waals surface area contributed by atoms with Crippen LogP contribution in [-0.4, -0.2) is 26.2 Å². The minimum absolute atomic E-state index is 0.832. The lowest BCUT2D eigenvalue weighted by Crippen LogP contribution is -2.11. The van der Waals surface area contributed by atoms with Crippen LogP contribution in [-0.2, 0) is 19.1 Å². The van der Waals surface area contributed by atoms with Crippen LogP contribution in [0.1, 0.15) is 0 Å². The van der Waals surface area contributed by atoms with Crippen LogP contribution >= 0.6 is 0 Å². The number of methoxy groups -OCH3 is 2. The highest BCUT2D eigenvalue weighted by molar-refractivity contribution is 6.03. The number of ether oxygens (including phenoxy) is 2. The molecule has 0 heterocycles. The molecule has 0 aromatic rings. The highest BCUT2D eigenvalue weighted by Crippen LogP contribution is 1.83. The Hall–Kier alpha value is -1.06. The molecule has 0 aliphatic rings. The summed E-state index contributed by atoms with van der Waals surface area (Å²) in [4.78, 5) is 20.3. The zero-order valence-electron chi connectivity index (χ0n) is 5.13. The van der Waals surface area contributed by atoms with Crippen molar-refractivity contribution in [3.63, 3.8) is 0 Å². The molecule has 4 nitrogen and oxygen atoms in total. The van der Waals surface area contributed by atoms with E-state index in [1.54, 1.807) is 6.42 Å². The van der Waals surface area contributed by atoms with Gasteiger partial charge in [0, 0.05) is 0 Å². The second kappa shape index (κ2) is 3.88. The molecule has 0 unspecified atom stereocenters. The van der Waals surface area contributed by atoms with E-state index < -0.39 is 11.9 Å². The minimum atomic E-state index is -0.832. The lowest BCUT2D eigenvalue weighted by molar-refractivity contribution is -0.144. The third kappa shape index (κ3) is 3.52. The summed E-state index contributed by atoms with van der Waals surface area (Å²) < 4.78 is 8.14. The van der Waals surface area contributed by atoms with Crippen molar-refractivity contribution in [1.29, 1.82) is 0 Å². The quantitative estimate of drug-likeness (QED) is 0.469. The van der Waals surface area contributed by atoms with Crippen molar-refractivity contribution in [3.05, 3.63) is 6.42 Å². The van der Waals surface area contributed by atoms with Gasteiger partial charge in [-0.15, -0.1) is 0 Å². The molecule has 0 bridgehead atoms. The van der Waals surface area contributed by atoms with Crippen LogP contribution in [0.25, 0.3) is 0 Å². The van der Waals surface area contributed by atoms with E-state index in [9.17, 15) is 9.59 Å². The van der Waals surface area contributed by atoms with Gasteiger partial charge in [-0.25, -0.2) is 0 Å². The summed E-state index contributed by atoms with van der Waals surface area (Å²) in [5.41, 5.74) is 0. The average molecular weight is 130 g/mol. The van der Waals surface area contributed by atoms with Crippen LogP contribution in [0.4, 0.5) is 0 Å². The highest BCUT2D eigenvalue weighted by atomic mass is 16.5. The summed E-state index contributed by atoms with van der Waals surface area (Å²) in [5, 5.41) is 0. The molecule has 0 aliphatic heterocycles. The monoisotopic (exact) mass is 130 g/mol. The molecule has 0 aromatic carbocycles. The Morgan fingerprint density at radius 2 is 1.44 bits per heavy atom. The zero-order valence-corrected chi connectivity index (χ0v) is 5.13. The first kappa shape index (κ1) is 7.94. The van der Waals surface area contributed by atoms with E-state index in [0.29, 0.717) is 0 Å². The molecule has 0 aromatic heterocycles. The Labute approximate surface area is 52.7 Å². The zero-order chi connectivity index (χ0) is 7.28. The summed E-state index contributed by atoms with van der Waals surface area (Å²) in [7, 11) is 2.30. The Morgan fingerprint density at radius 1 is 1.11 bits per heavy atom. The number of carbonyl (C=O) groups is 2. The third-order valence-electron chi connectivity index (χ3n) is 0.575. The average Bonchev–Trinajstić information content (AvgIpc) is 1.87. The van der Waals surface area contributed by atoms with Gasteiger partial charge in [0.25, 0.3) is 0 Å². The van der Waals surface area contributed by atoms with Crippen LogP contribution in [0.15, 0.2) is 0 Å². The number of carbonyl (C=O) groups excluding carboxylic acids is 2. The summed E-state index contributed by atoms with van der Waals surface area (Å²) in [6, 6.07) is 0. The van der Waals surface area contributed by atoms with Gasteiger partial charge < -0.3 is 9.47 Å². The lowest BCUT2D eigenvalue weighted by Gasteiger charge is -1.93. The Balaban J connectivity index is 3.47. The SMILES string of the molecule is COC(=O)[C]C(=O)OC. The minimum Gasteiger partial charge on any atom is -0.468 e. The predicted octanol–water partition coefficient (Wildman–Crippen LogP) is -0.586. The van der Waals surface area contributed by atoms with E-state index in [4.69, 9.17) is 0 Å².